The number of nitrogens with zero attached hydrogens (tertiary/aromatic N) is 2. The van der Waals surface area contributed by atoms with Crippen LogP contribution in [0, 0.1) is 12.3 Å². The standard InChI is InChI=1S/C26H28N2O/c1-2-18-28-25(29)24(19-26(28)16-10-5-11-17-26)27(20-22-12-6-3-7-13-22)21-23-14-8-4-9-15-23/h1,3-10,12-15,24H,11,16-21H2/t24-,26+/m0/s1. The Balaban J connectivity index is 1.64. The Kier molecular flexibility index (Phi) is 5.83. The second kappa shape index (κ2) is 8.68. The Hall–Kier alpha value is -2.83. The number of carbonyl (C=O) groups is 1. The van der Waals surface area contributed by atoms with Crippen molar-refractivity contribution in [3.63, 3.8) is 0 Å². The Labute approximate surface area is 174 Å². The molecule has 3 heteroatoms. The van der Waals surface area contributed by atoms with Crippen LogP contribution in [0.3, 0.4) is 0 Å². The molecule has 1 saturated heterocycles. The van der Waals surface area contributed by atoms with Gasteiger partial charge in [-0.2, -0.15) is 0 Å². The zero-order valence-corrected chi connectivity index (χ0v) is 16.8. The molecule has 2 atom stereocenters. The van der Waals surface area contributed by atoms with Gasteiger partial charge in [-0.25, -0.2) is 0 Å². The van der Waals surface area contributed by atoms with Gasteiger partial charge in [0.25, 0.3) is 0 Å². The molecule has 3 nitrogen and oxygen atoms in total. The summed E-state index contributed by atoms with van der Waals surface area (Å²) in [5.41, 5.74) is 2.32. The fourth-order valence-corrected chi connectivity index (χ4v) is 4.81. The highest BCUT2D eigenvalue weighted by molar-refractivity contribution is 5.86. The van der Waals surface area contributed by atoms with E-state index in [1.165, 1.54) is 11.1 Å². The van der Waals surface area contributed by atoms with E-state index in [0.717, 1.165) is 38.8 Å². The molecule has 2 aromatic rings. The van der Waals surface area contributed by atoms with Gasteiger partial charge in [-0.1, -0.05) is 78.7 Å². The third-order valence-corrected chi connectivity index (χ3v) is 6.28. The van der Waals surface area contributed by atoms with E-state index in [0.29, 0.717) is 6.54 Å². The molecule has 29 heavy (non-hydrogen) atoms. The van der Waals surface area contributed by atoms with Crippen molar-refractivity contribution >= 4 is 5.91 Å². The maximum absolute atomic E-state index is 13.6. The van der Waals surface area contributed by atoms with E-state index in [9.17, 15) is 4.79 Å². The van der Waals surface area contributed by atoms with Gasteiger partial charge in [-0.3, -0.25) is 9.69 Å². The summed E-state index contributed by atoms with van der Waals surface area (Å²) in [6.45, 7) is 1.90. The molecule has 2 aliphatic rings. The first kappa shape index (κ1) is 19.5. The highest BCUT2D eigenvalue weighted by Crippen LogP contribution is 2.42. The van der Waals surface area contributed by atoms with Crippen LogP contribution >= 0.6 is 0 Å². The largest absolute Gasteiger partial charge is 0.324 e. The first-order chi connectivity index (χ1) is 14.2. The lowest BCUT2D eigenvalue weighted by Crippen LogP contribution is -2.47. The Morgan fingerprint density at radius 1 is 1.00 bits per heavy atom. The third-order valence-electron chi connectivity index (χ3n) is 6.28. The lowest BCUT2D eigenvalue weighted by molar-refractivity contribution is -0.134. The molecule has 0 bridgehead atoms. The topological polar surface area (TPSA) is 23.6 Å². The Morgan fingerprint density at radius 3 is 2.14 bits per heavy atom. The number of hydrogen-bond acceptors (Lipinski definition) is 2. The summed E-state index contributed by atoms with van der Waals surface area (Å²) in [4.78, 5) is 17.9. The van der Waals surface area contributed by atoms with Crippen LogP contribution in [0.1, 0.15) is 36.8 Å². The number of benzene rings is 2. The smallest absolute Gasteiger partial charge is 0.241 e. The second-order valence-corrected chi connectivity index (χ2v) is 8.16. The number of carbonyl (C=O) groups excluding carboxylic acids is 1. The second-order valence-electron chi connectivity index (χ2n) is 8.16. The predicted molar refractivity (Wildman–Crippen MR) is 117 cm³/mol. The van der Waals surface area contributed by atoms with E-state index in [4.69, 9.17) is 6.42 Å². The van der Waals surface area contributed by atoms with Crippen LogP contribution in [0.5, 0.6) is 0 Å². The van der Waals surface area contributed by atoms with Gasteiger partial charge in [0.15, 0.2) is 0 Å². The van der Waals surface area contributed by atoms with Crippen LogP contribution < -0.4 is 0 Å². The lowest BCUT2D eigenvalue weighted by Gasteiger charge is -2.38. The van der Waals surface area contributed by atoms with Gasteiger partial charge in [-0.05, 0) is 36.8 Å². The van der Waals surface area contributed by atoms with E-state index >= 15 is 0 Å². The molecule has 1 aliphatic carbocycles. The molecule has 1 heterocycles. The molecule has 0 unspecified atom stereocenters. The molecular weight excluding hydrogens is 356 g/mol. The quantitative estimate of drug-likeness (QED) is 0.544. The molecule has 1 spiro atoms. The Morgan fingerprint density at radius 2 is 1.62 bits per heavy atom. The number of allylic oxidation sites excluding steroid dienone is 1. The summed E-state index contributed by atoms with van der Waals surface area (Å²) in [6, 6.07) is 20.7. The number of amides is 1. The Bertz CT molecular complexity index is 858. The number of likely N-dealkylation sites (tertiary alicyclic amines) is 1. The highest BCUT2D eigenvalue weighted by atomic mass is 16.2. The summed E-state index contributed by atoms with van der Waals surface area (Å²) in [5.74, 6) is 2.92. The van der Waals surface area contributed by atoms with Crippen LogP contribution in [0.15, 0.2) is 72.8 Å². The van der Waals surface area contributed by atoms with E-state index in [1.54, 1.807) is 0 Å². The van der Waals surface area contributed by atoms with Crippen molar-refractivity contribution in [1.29, 1.82) is 0 Å². The number of rotatable bonds is 6. The monoisotopic (exact) mass is 384 g/mol. The van der Waals surface area contributed by atoms with Gasteiger partial charge in [0.2, 0.25) is 5.91 Å². The predicted octanol–water partition coefficient (Wildman–Crippen LogP) is 4.40. The summed E-state index contributed by atoms with van der Waals surface area (Å²) in [7, 11) is 0. The van der Waals surface area contributed by atoms with Crippen molar-refractivity contribution in [2.24, 2.45) is 0 Å². The van der Waals surface area contributed by atoms with E-state index in [2.05, 4.69) is 71.5 Å². The van der Waals surface area contributed by atoms with Crippen molar-refractivity contribution in [2.75, 3.05) is 6.54 Å². The van der Waals surface area contributed by atoms with Gasteiger partial charge in [0.1, 0.15) is 0 Å². The summed E-state index contributed by atoms with van der Waals surface area (Å²) in [6.07, 6.45) is 13.9. The normalized spacial score (nSPS) is 23.7. The zero-order valence-electron chi connectivity index (χ0n) is 16.8. The number of hydrogen-bond donors (Lipinski definition) is 0. The number of terminal acetylenes is 1. The van der Waals surface area contributed by atoms with Crippen LogP contribution in [-0.4, -0.2) is 33.8 Å². The molecule has 0 saturated carbocycles. The van der Waals surface area contributed by atoms with Crippen LogP contribution in [0.4, 0.5) is 0 Å². The summed E-state index contributed by atoms with van der Waals surface area (Å²) < 4.78 is 0. The highest BCUT2D eigenvalue weighted by Gasteiger charge is 2.51. The molecule has 2 aromatic carbocycles. The molecule has 0 aromatic heterocycles. The molecule has 0 N–H and O–H groups in total. The van der Waals surface area contributed by atoms with Crippen LogP contribution in [0.2, 0.25) is 0 Å². The first-order valence-corrected chi connectivity index (χ1v) is 10.4. The first-order valence-electron chi connectivity index (χ1n) is 10.4. The average Bonchev–Trinajstić information content (AvgIpc) is 3.02. The van der Waals surface area contributed by atoms with E-state index in [1.807, 2.05) is 17.0 Å². The fourth-order valence-electron chi connectivity index (χ4n) is 4.81. The molecule has 148 valence electrons. The lowest BCUT2D eigenvalue weighted by atomic mass is 9.82. The van der Waals surface area contributed by atoms with Gasteiger partial charge >= 0.3 is 0 Å². The maximum atomic E-state index is 13.6. The van der Waals surface area contributed by atoms with Crippen molar-refractivity contribution in [1.82, 2.24) is 9.80 Å². The minimum absolute atomic E-state index is 0.130. The minimum atomic E-state index is -0.143. The van der Waals surface area contributed by atoms with Gasteiger partial charge in [-0.15, -0.1) is 6.42 Å². The minimum Gasteiger partial charge on any atom is -0.324 e. The van der Waals surface area contributed by atoms with Crippen LogP contribution in [-0.2, 0) is 17.9 Å². The summed E-state index contributed by atoms with van der Waals surface area (Å²) in [5, 5.41) is 0. The van der Waals surface area contributed by atoms with Crippen molar-refractivity contribution in [3.05, 3.63) is 83.9 Å². The summed E-state index contributed by atoms with van der Waals surface area (Å²) >= 11 is 0. The molecule has 0 radical (unpaired) electrons. The average molecular weight is 385 g/mol. The van der Waals surface area contributed by atoms with E-state index in [-0.39, 0.29) is 17.5 Å². The molecule has 1 fully saturated rings. The third kappa shape index (κ3) is 4.13. The van der Waals surface area contributed by atoms with Crippen molar-refractivity contribution in [3.8, 4) is 12.3 Å². The molecular formula is C26H28N2O. The molecule has 1 amide bonds. The zero-order chi connectivity index (χ0) is 20.1. The SMILES string of the molecule is C#CCN1C(=O)[C@@H](N(Cc2ccccc2)Cc2ccccc2)C[C@]12CC=CCC2. The maximum Gasteiger partial charge on any atom is 0.241 e. The van der Waals surface area contributed by atoms with Crippen LogP contribution in [0.25, 0.3) is 0 Å². The van der Waals surface area contributed by atoms with Gasteiger partial charge in [0.05, 0.1) is 12.6 Å². The van der Waals surface area contributed by atoms with Crippen molar-refractivity contribution < 1.29 is 4.79 Å². The molecule has 4 rings (SSSR count). The van der Waals surface area contributed by atoms with Gasteiger partial charge < -0.3 is 4.90 Å². The van der Waals surface area contributed by atoms with Gasteiger partial charge in [0, 0.05) is 18.6 Å². The van der Waals surface area contributed by atoms with Crippen molar-refractivity contribution in [2.45, 2.75) is 50.4 Å². The van der Waals surface area contributed by atoms with E-state index < -0.39 is 0 Å². The fraction of sp³-hybridized carbons (Fsp3) is 0.346. The molecule has 1 aliphatic heterocycles.